The average Bonchev–Trinajstić information content (AvgIpc) is 4.20. The number of aryl methyl sites for hydroxylation is 3. The largest absolute Gasteiger partial charge is 0.494 e. The second-order valence-electron chi connectivity index (χ2n) is 17.9. The molecule has 4 aromatic heterocycles. The molecule has 18 nitrogen and oxygen atoms in total. The lowest BCUT2D eigenvalue weighted by atomic mass is 10.0. The van der Waals surface area contributed by atoms with Gasteiger partial charge in [-0.3, -0.25) is 23.9 Å². The molecule has 404 valence electrons. The number of aliphatic hydroxyl groups is 1. The van der Waals surface area contributed by atoms with Gasteiger partial charge in [-0.05, 0) is 86.5 Å². The van der Waals surface area contributed by atoms with Crippen LogP contribution in [0.2, 0.25) is 10.0 Å². The summed E-state index contributed by atoms with van der Waals surface area (Å²) in [5.74, 6) is -1.03. The third-order valence-corrected chi connectivity index (χ3v) is 13.3. The summed E-state index contributed by atoms with van der Waals surface area (Å²) >= 11 is 12.8. The van der Waals surface area contributed by atoms with Crippen molar-refractivity contribution in [3.63, 3.8) is 0 Å². The van der Waals surface area contributed by atoms with Crippen molar-refractivity contribution in [2.24, 2.45) is 14.1 Å². The summed E-state index contributed by atoms with van der Waals surface area (Å²) in [7, 11) is 6.29. The molecule has 77 heavy (non-hydrogen) atoms. The molecule has 0 radical (unpaired) electrons. The Morgan fingerprint density at radius 2 is 1.12 bits per heavy atom. The Morgan fingerprint density at radius 1 is 0.688 bits per heavy atom. The molecular weight excluding hydrogens is 1060 g/mol. The van der Waals surface area contributed by atoms with Gasteiger partial charge in [-0.15, -0.1) is 10.2 Å². The van der Waals surface area contributed by atoms with E-state index in [4.69, 9.17) is 32.7 Å². The van der Waals surface area contributed by atoms with Crippen LogP contribution in [-0.4, -0.2) is 105 Å². The van der Waals surface area contributed by atoms with E-state index in [2.05, 4.69) is 41.5 Å². The van der Waals surface area contributed by atoms with Gasteiger partial charge in [0.15, 0.2) is 0 Å². The van der Waals surface area contributed by atoms with Crippen molar-refractivity contribution in [1.82, 2.24) is 54.4 Å². The summed E-state index contributed by atoms with van der Waals surface area (Å²) in [5.41, 5.74) is 4.04. The second-order valence-corrected chi connectivity index (χ2v) is 18.7. The topological polar surface area (TPSA) is 197 Å². The fraction of sp³-hybridized carbons (Fsp3) is 0.294. The van der Waals surface area contributed by atoms with E-state index in [1.807, 2.05) is 27.8 Å². The number of hydrogen-bond donors (Lipinski definition) is 3. The van der Waals surface area contributed by atoms with Crippen molar-refractivity contribution in [3.05, 3.63) is 140 Å². The Labute approximate surface area is 446 Å². The minimum absolute atomic E-state index is 0.0719. The van der Waals surface area contributed by atoms with E-state index in [0.29, 0.717) is 59.3 Å². The number of hydrogen-bond acceptors (Lipinski definition) is 12. The first-order valence-corrected chi connectivity index (χ1v) is 24.2. The van der Waals surface area contributed by atoms with Crippen molar-refractivity contribution >= 4 is 46.4 Å². The third-order valence-electron chi connectivity index (χ3n) is 12.7. The van der Waals surface area contributed by atoms with Crippen LogP contribution in [0.25, 0.3) is 33.9 Å². The highest BCUT2D eigenvalue weighted by Crippen LogP contribution is 2.41. The first-order chi connectivity index (χ1) is 36.5. The second kappa shape index (κ2) is 22.4. The van der Waals surface area contributed by atoms with E-state index in [1.165, 1.54) is 60.0 Å². The van der Waals surface area contributed by atoms with Crippen LogP contribution in [0.5, 0.6) is 11.5 Å². The molecule has 4 aromatic carbocycles. The van der Waals surface area contributed by atoms with Gasteiger partial charge in [0.25, 0.3) is 11.8 Å². The molecule has 9 rings (SSSR count). The first kappa shape index (κ1) is 55.4. The summed E-state index contributed by atoms with van der Waals surface area (Å²) in [4.78, 5) is 28.2. The molecule has 0 spiro atoms. The number of ether oxygens (including phenoxy) is 2. The summed E-state index contributed by atoms with van der Waals surface area (Å²) in [6.07, 6.45) is -2.18. The Bertz CT molecular complexity index is 3490. The molecule has 0 aliphatic carbocycles. The minimum Gasteiger partial charge on any atom is -0.494 e. The number of likely N-dealkylation sites (tertiary alicyclic amines) is 1. The average molecular weight is 1110 g/mol. The number of nitrogens with one attached hydrogen (secondary N) is 2. The van der Waals surface area contributed by atoms with E-state index < -0.39 is 41.4 Å². The van der Waals surface area contributed by atoms with E-state index in [-0.39, 0.29) is 51.1 Å². The summed E-state index contributed by atoms with van der Waals surface area (Å²) in [6, 6.07) is 12.6. The molecule has 0 atom stereocenters. The molecule has 8 aromatic rings. The molecule has 26 heteroatoms. The number of β-amino-alcohol motifs (C(OH)–C–C–N with tert-alkyl or cyclic N) is 1. The predicted molar refractivity (Wildman–Crippen MR) is 274 cm³/mol. The quantitative estimate of drug-likeness (QED) is 0.0873. The standard InChI is InChI=1S/C26H25ClF3N7O3.C25H24ClF3N6O2/c1-14-19(9-31-35(14)2)22-13-37(34-33-22)23-7-15(4-5-20(23)27)25(39)32-21-8-17(26(28,29)30)6-16(24(21)40-3)10-36-11-18(38)12-36;1-5-6-15-9-17(25(27,28)29)11-20(23(15)37-4)31-24(36)16-7-8-19(26)22(10-16)35-13-21(32-33-35)18-12-30-34(3)14(18)2/h4-9,13,18,38H,10-12H2,1-3H3,(H,32,39);7-13H,5-6H2,1-4H3,(H,31,36). The van der Waals surface area contributed by atoms with E-state index in [0.717, 1.165) is 46.8 Å². The number of aromatic nitrogens is 10. The minimum atomic E-state index is -4.65. The fourth-order valence-corrected chi connectivity index (χ4v) is 8.82. The van der Waals surface area contributed by atoms with Crippen molar-refractivity contribution in [2.45, 2.75) is 58.6 Å². The number of halogens is 8. The van der Waals surface area contributed by atoms with Gasteiger partial charge >= 0.3 is 12.4 Å². The van der Waals surface area contributed by atoms with Crippen LogP contribution in [0.4, 0.5) is 37.7 Å². The summed E-state index contributed by atoms with van der Waals surface area (Å²) < 4.78 is 98.8. The Morgan fingerprint density at radius 3 is 1.49 bits per heavy atom. The zero-order chi connectivity index (χ0) is 55.7. The third kappa shape index (κ3) is 12.1. The monoisotopic (exact) mass is 1110 g/mol. The maximum atomic E-state index is 13.7. The number of carbonyl (C=O) groups is 2. The molecule has 1 saturated heterocycles. The SMILES string of the molecule is CCCc1cc(C(F)(F)F)cc(NC(=O)c2ccc(Cl)c(-n3cc(-c4cnn(C)c4C)nn3)c2)c1OC.COc1c(CN2CC(O)C2)cc(C(F)(F)F)cc1NC(=O)c1ccc(Cl)c(-n2cc(-c3cnn(C)c3C)nn2)c1. The lowest BCUT2D eigenvalue weighted by Gasteiger charge is -2.36. The fourth-order valence-electron chi connectivity index (χ4n) is 8.42. The Balaban J connectivity index is 0.000000204. The number of alkyl halides is 6. The number of anilines is 2. The van der Waals surface area contributed by atoms with E-state index in [9.17, 15) is 41.0 Å². The number of nitrogens with zero attached hydrogens (tertiary/aromatic N) is 11. The molecule has 1 fully saturated rings. The van der Waals surface area contributed by atoms with Gasteiger partial charge in [-0.1, -0.05) is 47.0 Å². The number of carbonyl (C=O) groups excluding carboxylic acids is 2. The molecule has 2 amide bonds. The lowest BCUT2D eigenvalue weighted by Crippen LogP contribution is -2.49. The molecule has 1 aliphatic rings. The summed E-state index contributed by atoms with van der Waals surface area (Å²) in [6.45, 7) is 6.41. The van der Waals surface area contributed by atoms with Crippen molar-refractivity contribution in [2.75, 3.05) is 37.9 Å². The van der Waals surface area contributed by atoms with Crippen LogP contribution < -0.4 is 20.1 Å². The maximum Gasteiger partial charge on any atom is 0.416 e. The molecule has 3 N–H and O–H groups in total. The van der Waals surface area contributed by atoms with Crippen LogP contribution in [-0.2, 0) is 39.4 Å². The predicted octanol–water partition coefficient (Wildman–Crippen LogP) is 9.95. The highest BCUT2D eigenvalue weighted by molar-refractivity contribution is 6.33. The van der Waals surface area contributed by atoms with Crippen molar-refractivity contribution in [1.29, 1.82) is 0 Å². The maximum absolute atomic E-state index is 13.7. The molecule has 5 heterocycles. The van der Waals surface area contributed by atoms with E-state index in [1.54, 1.807) is 46.1 Å². The van der Waals surface area contributed by atoms with Crippen molar-refractivity contribution < 1.29 is 50.5 Å². The number of amides is 2. The molecule has 1 aliphatic heterocycles. The molecule has 0 saturated carbocycles. The van der Waals surface area contributed by atoms with Gasteiger partial charge < -0.3 is 25.2 Å². The normalized spacial score (nSPS) is 13.0. The highest BCUT2D eigenvalue weighted by atomic mass is 35.5. The zero-order valence-corrected chi connectivity index (χ0v) is 43.7. The van der Waals surface area contributed by atoms with Crippen LogP contribution in [0.15, 0.2) is 85.5 Å². The zero-order valence-electron chi connectivity index (χ0n) is 42.2. The Kier molecular flexibility index (Phi) is 16.1. The smallest absolute Gasteiger partial charge is 0.416 e. The van der Waals surface area contributed by atoms with Gasteiger partial charge in [0.2, 0.25) is 0 Å². The highest BCUT2D eigenvalue weighted by Gasteiger charge is 2.35. The number of aliphatic hydroxyl groups excluding tert-OH is 1. The number of rotatable bonds is 14. The first-order valence-electron chi connectivity index (χ1n) is 23.5. The van der Waals surface area contributed by atoms with E-state index >= 15 is 0 Å². The Hall–Kier alpha value is -7.80. The number of benzene rings is 4. The molecular formula is C51H49Cl2F6N13O5. The molecule has 0 unspecified atom stereocenters. The molecule has 0 bridgehead atoms. The lowest BCUT2D eigenvalue weighted by molar-refractivity contribution is -0.138. The van der Waals surface area contributed by atoms with Crippen LogP contribution >= 0.6 is 23.2 Å². The van der Waals surface area contributed by atoms with Crippen LogP contribution in [0.1, 0.15) is 67.7 Å². The summed E-state index contributed by atoms with van der Waals surface area (Å²) in [5, 5.41) is 40.3. The van der Waals surface area contributed by atoms with Gasteiger partial charge in [0.1, 0.15) is 22.9 Å². The van der Waals surface area contributed by atoms with Crippen LogP contribution in [0.3, 0.4) is 0 Å². The van der Waals surface area contributed by atoms with Gasteiger partial charge in [-0.25, -0.2) is 9.36 Å². The van der Waals surface area contributed by atoms with Crippen molar-refractivity contribution in [3.8, 4) is 45.4 Å². The number of methoxy groups -OCH3 is 2. The van der Waals surface area contributed by atoms with Gasteiger partial charge in [-0.2, -0.15) is 36.5 Å². The van der Waals surface area contributed by atoms with Crippen LogP contribution in [0, 0.1) is 13.8 Å². The van der Waals surface area contributed by atoms with Gasteiger partial charge in [0, 0.05) is 72.9 Å². The van der Waals surface area contributed by atoms with Gasteiger partial charge in [0.05, 0.1) is 89.0 Å².